The third-order valence-corrected chi connectivity index (χ3v) is 4.24. The zero-order chi connectivity index (χ0) is 16.2. The zero-order valence-electron chi connectivity index (χ0n) is 11.9. The number of nitrogens with two attached hydrogens (primary N) is 1. The Morgan fingerprint density at radius 2 is 1.86 bits per heavy atom. The maximum atomic E-state index is 12.3. The second-order valence-electron chi connectivity index (χ2n) is 4.45. The minimum Gasteiger partial charge on any atom is -0.494 e. The third-order valence-electron chi connectivity index (χ3n) is 2.84. The molecule has 0 saturated heterocycles. The number of nitrogens with one attached hydrogen (secondary N) is 1. The molecule has 0 bridgehead atoms. The van der Waals surface area contributed by atoms with Crippen LogP contribution < -0.4 is 15.2 Å². The van der Waals surface area contributed by atoms with E-state index in [1.165, 1.54) is 24.3 Å². The molecule has 0 atom stereocenters. The van der Waals surface area contributed by atoms with Crippen LogP contribution in [0.5, 0.6) is 5.75 Å². The minimum atomic E-state index is -3.75. The van der Waals surface area contributed by atoms with E-state index in [-0.39, 0.29) is 16.1 Å². The molecule has 6 nitrogen and oxygen atoms in total. The second-order valence-corrected chi connectivity index (χ2v) is 6.14. The number of amides is 1. The van der Waals surface area contributed by atoms with E-state index in [0.29, 0.717) is 12.4 Å². The third kappa shape index (κ3) is 3.76. The number of hydrogen-bond acceptors (Lipinski definition) is 4. The van der Waals surface area contributed by atoms with E-state index in [1.54, 1.807) is 24.3 Å². The predicted octanol–water partition coefficient (Wildman–Crippen LogP) is 1.98. The van der Waals surface area contributed by atoms with E-state index >= 15 is 0 Å². The largest absolute Gasteiger partial charge is 0.494 e. The van der Waals surface area contributed by atoms with Crippen molar-refractivity contribution < 1.29 is 17.9 Å². The lowest BCUT2D eigenvalue weighted by Crippen LogP contribution is -2.15. The summed E-state index contributed by atoms with van der Waals surface area (Å²) in [6.07, 6.45) is 0. The summed E-state index contributed by atoms with van der Waals surface area (Å²) in [5.41, 5.74) is 5.67. The van der Waals surface area contributed by atoms with Crippen LogP contribution in [0.25, 0.3) is 0 Å². The summed E-state index contributed by atoms with van der Waals surface area (Å²) in [5, 5.41) is 0. The Morgan fingerprint density at radius 3 is 2.45 bits per heavy atom. The van der Waals surface area contributed by atoms with Gasteiger partial charge in [-0.15, -0.1) is 0 Å². The maximum Gasteiger partial charge on any atom is 0.261 e. The molecular formula is C15H16N2O4S. The summed E-state index contributed by atoms with van der Waals surface area (Å²) in [7, 11) is -3.75. The van der Waals surface area contributed by atoms with Crippen LogP contribution in [0.2, 0.25) is 0 Å². The molecular weight excluding hydrogens is 304 g/mol. The molecule has 2 aromatic carbocycles. The van der Waals surface area contributed by atoms with Gasteiger partial charge < -0.3 is 10.5 Å². The first kappa shape index (κ1) is 15.8. The van der Waals surface area contributed by atoms with Crippen LogP contribution in [0.1, 0.15) is 17.3 Å². The Morgan fingerprint density at radius 1 is 1.18 bits per heavy atom. The van der Waals surface area contributed by atoms with E-state index in [2.05, 4.69) is 4.72 Å². The summed E-state index contributed by atoms with van der Waals surface area (Å²) in [5.74, 6) is -0.0284. The molecule has 0 fully saturated rings. The number of hydrogen-bond donors (Lipinski definition) is 2. The van der Waals surface area contributed by atoms with Gasteiger partial charge in [0.1, 0.15) is 5.75 Å². The van der Waals surface area contributed by atoms with Crippen LogP contribution in [0, 0.1) is 0 Å². The number of benzene rings is 2. The fourth-order valence-corrected chi connectivity index (χ4v) is 2.88. The Hall–Kier alpha value is -2.54. The highest BCUT2D eigenvalue weighted by Crippen LogP contribution is 2.20. The standard InChI is InChI=1S/C15H16N2O4S/c1-2-21-13-6-8-14(9-7-13)22(19,20)17-12-5-3-4-11(10-12)15(16)18/h3-10,17H,2H2,1H3,(H2,16,18). The first-order chi connectivity index (χ1) is 10.4. The predicted molar refractivity (Wildman–Crippen MR) is 83.4 cm³/mol. The summed E-state index contributed by atoms with van der Waals surface area (Å²) >= 11 is 0. The van der Waals surface area contributed by atoms with Crippen molar-refractivity contribution in [1.82, 2.24) is 0 Å². The molecule has 2 rings (SSSR count). The van der Waals surface area contributed by atoms with Crippen molar-refractivity contribution in [2.75, 3.05) is 11.3 Å². The van der Waals surface area contributed by atoms with Crippen LogP contribution in [0.15, 0.2) is 53.4 Å². The summed E-state index contributed by atoms with van der Waals surface area (Å²) in [6, 6.07) is 12.0. The van der Waals surface area contributed by atoms with Crippen molar-refractivity contribution in [2.24, 2.45) is 5.73 Å². The van der Waals surface area contributed by atoms with Gasteiger partial charge in [-0.05, 0) is 49.4 Å². The number of anilines is 1. The molecule has 0 heterocycles. The maximum absolute atomic E-state index is 12.3. The molecule has 2 aromatic rings. The molecule has 0 spiro atoms. The van der Waals surface area contributed by atoms with E-state index in [4.69, 9.17) is 10.5 Å². The van der Waals surface area contributed by atoms with Gasteiger partial charge in [0.05, 0.1) is 11.5 Å². The van der Waals surface area contributed by atoms with Crippen molar-refractivity contribution in [3.05, 3.63) is 54.1 Å². The number of carbonyl (C=O) groups is 1. The van der Waals surface area contributed by atoms with Gasteiger partial charge in [0.2, 0.25) is 5.91 Å². The lowest BCUT2D eigenvalue weighted by atomic mass is 10.2. The first-order valence-corrected chi connectivity index (χ1v) is 8.06. The van der Waals surface area contributed by atoms with Crippen molar-refractivity contribution in [2.45, 2.75) is 11.8 Å². The summed E-state index contributed by atoms with van der Waals surface area (Å²) < 4.78 is 32.2. The number of ether oxygens (including phenoxy) is 1. The lowest BCUT2D eigenvalue weighted by molar-refractivity contribution is 0.100. The molecule has 0 unspecified atom stereocenters. The molecule has 7 heteroatoms. The Bertz CT molecular complexity index is 770. The van der Waals surface area contributed by atoms with Gasteiger partial charge in [-0.25, -0.2) is 8.42 Å². The molecule has 116 valence electrons. The van der Waals surface area contributed by atoms with Gasteiger partial charge in [-0.3, -0.25) is 9.52 Å². The Balaban J connectivity index is 2.23. The molecule has 0 aliphatic rings. The van der Waals surface area contributed by atoms with Crippen LogP contribution in [0.4, 0.5) is 5.69 Å². The van der Waals surface area contributed by atoms with E-state index in [9.17, 15) is 13.2 Å². The highest BCUT2D eigenvalue weighted by atomic mass is 32.2. The van der Waals surface area contributed by atoms with Gasteiger partial charge in [0.25, 0.3) is 10.0 Å². The van der Waals surface area contributed by atoms with Gasteiger partial charge in [-0.2, -0.15) is 0 Å². The highest BCUT2D eigenvalue weighted by Gasteiger charge is 2.14. The molecule has 0 radical (unpaired) electrons. The normalized spacial score (nSPS) is 11.0. The minimum absolute atomic E-state index is 0.0976. The van der Waals surface area contributed by atoms with Crippen molar-refractivity contribution >= 4 is 21.6 Å². The fraction of sp³-hybridized carbons (Fsp3) is 0.133. The van der Waals surface area contributed by atoms with Crippen molar-refractivity contribution in [3.8, 4) is 5.75 Å². The molecule has 1 amide bonds. The fourth-order valence-electron chi connectivity index (χ4n) is 1.83. The van der Waals surface area contributed by atoms with Gasteiger partial charge >= 0.3 is 0 Å². The van der Waals surface area contributed by atoms with Gasteiger partial charge in [-0.1, -0.05) is 6.07 Å². The van der Waals surface area contributed by atoms with Crippen LogP contribution >= 0.6 is 0 Å². The second kappa shape index (κ2) is 6.48. The monoisotopic (exact) mass is 320 g/mol. The van der Waals surface area contributed by atoms with Gasteiger partial charge in [0, 0.05) is 11.3 Å². The Kier molecular flexibility index (Phi) is 4.67. The van der Waals surface area contributed by atoms with Crippen LogP contribution in [-0.4, -0.2) is 20.9 Å². The number of sulfonamides is 1. The van der Waals surface area contributed by atoms with E-state index in [1.807, 2.05) is 6.92 Å². The number of primary amides is 1. The molecule has 0 aliphatic carbocycles. The van der Waals surface area contributed by atoms with Gasteiger partial charge in [0.15, 0.2) is 0 Å². The highest BCUT2D eigenvalue weighted by molar-refractivity contribution is 7.92. The lowest BCUT2D eigenvalue weighted by Gasteiger charge is -2.09. The molecule has 22 heavy (non-hydrogen) atoms. The smallest absolute Gasteiger partial charge is 0.261 e. The van der Waals surface area contributed by atoms with Crippen LogP contribution in [-0.2, 0) is 10.0 Å². The molecule has 0 saturated carbocycles. The molecule has 0 aromatic heterocycles. The Labute approximate surface area is 129 Å². The summed E-state index contributed by atoms with van der Waals surface area (Å²) in [4.78, 5) is 11.2. The van der Waals surface area contributed by atoms with Crippen molar-refractivity contribution in [1.29, 1.82) is 0 Å². The van der Waals surface area contributed by atoms with E-state index in [0.717, 1.165) is 0 Å². The zero-order valence-corrected chi connectivity index (χ0v) is 12.8. The van der Waals surface area contributed by atoms with Crippen molar-refractivity contribution in [3.63, 3.8) is 0 Å². The number of rotatable bonds is 6. The van der Waals surface area contributed by atoms with E-state index < -0.39 is 15.9 Å². The topological polar surface area (TPSA) is 98.5 Å². The number of carbonyl (C=O) groups excluding carboxylic acids is 1. The average molecular weight is 320 g/mol. The summed E-state index contributed by atoms with van der Waals surface area (Å²) in [6.45, 7) is 2.35. The molecule has 3 N–H and O–H groups in total. The first-order valence-electron chi connectivity index (χ1n) is 6.58. The average Bonchev–Trinajstić information content (AvgIpc) is 2.48. The molecule has 0 aliphatic heterocycles. The quantitative estimate of drug-likeness (QED) is 0.850. The SMILES string of the molecule is CCOc1ccc(S(=O)(=O)Nc2cccc(C(N)=O)c2)cc1. The van der Waals surface area contributed by atoms with Crippen LogP contribution in [0.3, 0.4) is 0 Å².